The summed E-state index contributed by atoms with van der Waals surface area (Å²) < 4.78 is 45.5. The number of non-ortho nitro benzene ring substituents is 1. The Bertz CT molecular complexity index is 1020. The van der Waals surface area contributed by atoms with Crippen LogP contribution < -0.4 is 15.0 Å². The number of piperidine rings is 1. The number of hydrogen-bond donors (Lipinski definition) is 1. The van der Waals surface area contributed by atoms with Crippen molar-refractivity contribution in [1.29, 1.82) is 0 Å². The van der Waals surface area contributed by atoms with Crippen LogP contribution in [0.2, 0.25) is 5.02 Å². The topological polar surface area (TPSA) is 80.5 Å². The van der Waals surface area contributed by atoms with Crippen LogP contribution in [0.25, 0.3) is 0 Å². The average molecular weight is 503 g/mol. The zero-order valence-corrected chi connectivity index (χ0v) is 19.1. The lowest BCUT2D eigenvalue weighted by atomic mass is 10.1. The Hall–Kier alpha value is -2.66. The van der Waals surface area contributed by atoms with E-state index in [9.17, 15) is 23.3 Å². The predicted molar refractivity (Wildman–Crippen MR) is 123 cm³/mol. The molecular weight excluding hydrogens is 481 g/mol. The summed E-state index contributed by atoms with van der Waals surface area (Å²) in [5.41, 5.74) is -0.609. The second kappa shape index (κ2) is 11.0. The molecule has 0 amide bonds. The summed E-state index contributed by atoms with van der Waals surface area (Å²) in [6, 6.07) is 5.91. The van der Waals surface area contributed by atoms with E-state index in [4.69, 9.17) is 28.6 Å². The summed E-state index contributed by atoms with van der Waals surface area (Å²) in [6.07, 6.45) is -1.22. The van der Waals surface area contributed by atoms with Crippen molar-refractivity contribution in [1.82, 2.24) is 10.3 Å². The highest BCUT2D eigenvalue weighted by Crippen LogP contribution is 2.34. The van der Waals surface area contributed by atoms with Crippen molar-refractivity contribution in [2.75, 3.05) is 31.1 Å². The van der Waals surface area contributed by atoms with Crippen LogP contribution in [-0.4, -0.2) is 41.1 Å². The van der Waals surface area contributed by atoms with E-state index in [1.807, 2.05) is 4.90 Å². The summed E-state index contributed by atoms with van der Waals surface area (Å²) in [4.78, 5) is 16.7. The molecule has 0 unspecified atom stereocenters. The van der Waals surface area contributed by atoms with Crippen molar-refractivity contribution in [2.45, 2.75) is 31.9 Å². The van der Waals surface area contributed by atoms with Crippen LogP contribution in [0.5, 0.6) is 5.88 Å². The fourth-order valence-electron chi connectivity index (χ4n) is 3.36. The number of aromatic nitrogens is 1. The van der Waals surface area contributed by atoms with Gasteiger partial charge in [0.1, 0.15) is 10.8 Å². The van der Waals surface area contributed by atoms with Crippen molar-refractivity contribution in [3.8, 4) is 5.88 Å². The molecule has 3 rings (SSSR count). The number of hydrogen-bond acceptors (Lipinski definition) is 6. The Morgan fingerprint density at radius 2 is 1.97 bits per heavy atom. The van der Waals surface area contributed by atoms with Gasteiger partial charge in [0, 0.05) is 43.4 Å². The van der Waals surface area contributed by atoms with Crippen LogP contribution in [0.3, 0.4) is 0 Å². The van der Waals surface area contributed by atoms with Gasteiger partial charge in [0.25, 0.3) is 5.69 Å². The fraction of sp³-hybridized carbons (Fsp3) is 0.429. The minimum Gasteiger partial charge on any atom is -0.478 e. The zero-order chi connectivity index (χ0) is 24.0. The number of nitrogens with one attached hydrogen (secondary N) is 1. The van der Waals surface area contributed by atoms with E-state index in [1.165, 1.54) is 18.2 Å². The number of benzene rings is 1. The first-order chi connectivity index (χ1) is 15.6. The number of pyridine rings is 1. The average Bonchev–Trinajstić information content (AvgIpc) is 2.78. The predicted octanol–water partition coefficient (Wildman–Crippen LogP) is 5.39. The van der Waals surface area contributed by atoms with Gasteiger partial charge in [-0.25, -0.2) is 0 Å². The van der Waals surface area contributed by atoms with E-state index in [1.54, 1.807) is 0 Å². The first-order valence-corrected chi connectivity index (χ1v) is 11.1. The van der Waals surface area contributed by atoms with Gasteiger partial charge in [-0.1, -0.05) is 23.8 Å². The number of ether oxygens (including phenoxy) is 1. The monoisotopic (exact) mass is 502 g/mol. The largest absolute Gasteiger partial charge is 0.478 e. The van der Waals surface area contributed by atoms with Crippen LogP contribution in [0.4, 0.5) is 24.7 Å². The van der Waals surface area contributed by atoms with Gasteiger partial charge in [-0.3, -0.25) is 10.1 Å². The molecule has 0 bridgehead atoms. The van der Waals surface area contributed by atoms with Crippen LogP contribution in [0, 0.1) is 10.1 Å². The summed E-state index contributed by atoms with van der Waals surface area (Å²) in [5, 5.41) is 14.1. The summed E-state index contributed by atoms with van der Waals surface area (Å²) in [5.74, 6) is 0.175. The molecule has 0 aliphatic carbocycles. The summed E-state index contributed by atoms with van der Waals surface area (Å²) in [6.45, 7) is 1.76. The molecule has 1 aliphatic heterocycles. The minimum absolute atomic E-state index is 0.0882. The Balaban J connectivity index is 1.57. The fourth-order valence-corrected chi connectivity index (χ4v) is 3.90. The molecule has 2 heterocycles. The van der Waals surface area contributed by atoms with E-state index < -0.39 is 16.7 Å². The molecule has 0 atom stereocenters. The van der Waals surface area contributed by atoms with Crippen LogP contribution in [0.15, 0.2) is 30.3 Å². The molecule has 1 saturated heterocycles. The molecule has 2 aromatic rings. The molecule has 7 nitrogen and oxygen atoms in total. The zero-order valence-electron chi connectivity index (χ0n) is 17.5. The number of anilines is 1. The SMILES string of the molecule is O=[N+]([O-])c1ccc(Cl)c(C(=S)NCCCOc2cc(C(F)(F)F)cc(N3CCCCC3)n2)c1. The molecule has 1 N–H and O–H groups in total. The van der Waals surface area contributed by atoms with Gasteiger partial charge >= 0.3 is 6.18 Å². The number of nitrogens with zero attached hydrogens (tertiary/aromatic N) is 3. The second-order valence-corrected chi connectivity index (χ2v) is 8.29. The van der Waals surface area contributed by atoms with Gasteiger partial charge in [0.2, 0.25) is 5.88 Å². The molecule has 33 heavy (non-hydrogen) atoms. The molecule has 12 heteroatoms. The Morgan fingerprint density at radius 1 is 1.24 bits per heavy atom. The maximum absolute atomic E-state index is 13.3. The van der Waals surface area contributed by atoms with Crippen molar-refractivity contribution in [2.24, 2.45) is 0 Å². The van der Waals surface area contributed by atoms with Gasteiger partial charge in [0.05, 0.1) is 22.1 Å². The molecule has 0 spiro atoms. The molecule has 0 saturated carbocycles. The number of nitro groups is 1. The maximum atomic E-state index is 13.3. The highest BCUT2D eigenvalue weighted by Gasteiger charge is 2.32. The van der Waals surface area contributed by atoms with Gasteiger partial charge < -0.3 is 15.0 Å². The third kappa shape index (κ3) is 6.91. The van der Waals surface area contributed by atoms with Gasteiger partial charge in [0.15, 0.2) is 0 Å². The third-order valence-corrected chi connectivity index (χ3v) is 5.75. The first kappa shape index (κ1) is 25.0. The normalized spacial score (nSPS) is 14.1. The van der Waals surface area contributed by atoms with E-state index in [-0.39, 0.29) is 34.0 Å². The van der Waals surface area contributed by atoms with Crippen LogP contribution in [-0.2, 0) is 6.18 Å². The highest BCUT2D eigenvalue weighted by atomic mass is 35.5. The third-order valence-electron chi connectivity index (χ3n) is 5.06. The van der Waals surface area contributed by atoms with Crippen molar-refractivity contribution >= 4 is 40.3 Å². The van der Waals surface area contributed by atoms with Gasteiger partial charge in [-0.15, -0.1) is 0 Å². The van der Waals surface area contributed by atoms with Gasteiger partial charge in [-0.05, 0) is 37.8 Å². The number of thiocarbonyl (C=S) groups is 1. The molecule has 1 aromatic carbocycles. The minimum atomic E-state index is -4.50. The Kier molecular flexibility index (Phi) is 8.30. The summed E-state index contributed by atoms with van der Waals surface area (Å²) in [7, 11) is 0. The quantitative estimate of drug-likeness (QED) is 0.224. The molecular formula is C21H22ClF3N4O3S. The van der Waals surface area contributed by atoms with Gasteiger partial charge in [-0.2, -0.15) is 18.2 Å². The second-order valence-electron chi connectivity index (χ2n) is 7.48. The number of halogens is 4. The van der Waals surface area contributed by atoms with Crippen molar-refractivity contribution < 1.29 is 22.8 Å². The lowest BCUT2D eigenvalue weighted by molar-refractivity contribution is -0.384. The van der Waals surface area contributed by atoms with E-state index >= 15 is 0 Å². The maximum Gasteiger partial charge on any atom is 0.416 e. The van der Waals surface area contributed by atoms with Crippen LogP contribution >= 0.6 is 23.8 Å². The van der Waals surface area contributed by atoms with Crippen molar-refractivity contribution in [3.05, 3.63) is 56.6 Å². The molecule has 1 aliphatic rings. The molecule has 1 fully saturated rings. The van der Waals surface area contributed by atoms with E-state index in [2.05, 4.69) is 10.3 Å². The number of alkyl halides is 3. The first-order valence-electron chi connectivity index (χ1n) is 10.3. The highest BCUT2D eigenvalue weighted by molar-refractivity contribution is 7.80. The van der Waals surface area contributed by atoms with E-state index in [0.717, 1.165) is 31.4 Å². The summed E-state index contributed by atoms with van der Waals surface area (Å²) >= 11 is 11.3. The number of rotatable bonds is 8. The smallest absolute Gasteiger partial charge is 0.416 e. The molecule has 1 aromatic heterocycles. The molecule has 0 radical (unpaired) electrons. The lowest BCUT2D eigenvalue weighted by Gasteiger charge is -2.28. The standard InChI is InChI=1S/C21H22ClF3N4O3S/c22-17-6-5-15(29(30)31)13-16(17)20(33)26-7-4-10-32-19-12-14(21(23,24)25)11-18(27-19)28-8-2-1-3-9-28/h5-6,11-13H,1-4,7-10H2,(H,26,33). The van der Waals surface area contributed by atoms with Crippen molar-refractivity contribution in [3.63, 3.8) is 0 Å². The van der Waals surface area contributed by atoms with E-state index in [0.29, 0.717) is 31.6 Å². The Morgan fingerprint density at radius 3 is 2.64 bits per heavy atom. The molecule has 178 valence electrons. The number of nitro benzene ring substituents is 1. The lowest BCUT2D eigenvalue weighted by Crippen LogP contribution is -2.30. The Labute approximate surface area is 199 Å². The van der Waals surface area contributed by atoms with Crippen LogP contribution in [0.1, 0.15) is 36.8 Å².